The molecule has 0 saturated heterocycles. The van der Waals surface area contributed by atoms with Crippen molar-refractivity contribution < 1.29 is 214 Å². The number of carboxylic acid groups (broad SMARTS) is 5. The number of aliphatic hydroxyl groups is 15. The van der Waals surface area contributed by atoms with Gasteiger partial charge in [0.1, 0.15) is 72.5 Å². The van der Waals surface area contributed by atoms with Crippen LogP contribution in [0.2, 0.25) is 0 Å². The molecule has 0 aromatic heterocycles. The zero-order valence-corrected chi connectivity index (χ0v) is 67.8. The van der Waals surface area contributed by atoms with E-state index in [4.69, 9.17) is 68.5 Å². The highest BCUT2D eigenvalue weighted by atomic mass is 16.6. The molecule has 5 aliphatic rings. The van der Waals surface area contributed by atoms with Crippen LogP contribution in [0.4, 0.5) is 0 Å². The Balaban J connectivity index is 0.000000245. The molecule has 25 N–H and O–H groups in total. The van der Waals surface area contributed by atoms with Crippen molar-refractivity contribution in [3.8, 4) is 46.0 Å². The van der Waals surface area contributed by atoms with Crippen molar-refractivity contribution in [2.75, 3.05) is 21.3 Å². The number of hydrogen-bond donors (Lipinski definition) is 25. The number of phenolic OH excluding ortho intramolecular Hbond substituents is 5. The van der Waals surface area contributed by atoms with Crippen molar-refractivity contribution >= 4 is 90.1 Å². The number of aliphatic carboxylic acids is 5. The number of aryl methyl sites for hydroxylation is 1. The van der Waals surface area contributed by atoms with E-state index in [0.717, 1.165) is 35.9 Å². The zero-order chi connectivity index (χ0) is 95.1. The van der Waals surface area contributed by atoms with Gasteiger partial charge in [0.05, 0.1) is 51.8 Å². The van der Waals surface area contributed by atoms with Gasteiger partial charge in [-0.1, -0.05) is 36.4 Å². The number of hydrogen-bond acceptors (Lipinski definition) is 38. The number of carboxylic acids is 5. The maximum absolute atomic E-state index is 12.0. The van der Waals surface area contributed by atoms with Crippen molar-refractivity contribution in [1.29, 1.82) is 0 Å². The zero-order valence-electron chi connectivity index (χ0n) is 67.8. The fourth-order valence-corrected chi connectivity index (χ4v) is 13.3. The van der Waals surface area contributed by atoms with Crippen LogP contribution >= 0.6 is 0 Å². The summed E-state index contributed by atoms with van der Waals surface area (Å²) in [6.07, 6.45) is -15.6. The van der Waals surface area contributed by atoms with Crippen molar-refractivity contribution in [3.63, 3.8) is 0 Å². The Hall–Kier alpha value is -12.7. The fraction of sp³-hybridized carbons (Fsp3) is 0.405. The average molecular weight is 1800 g/mol. The third-order valence-electron chi connectivity index (χ3n) is 20.4. The van der Waals surface area contributed by atoms with E-state index in [0.29, 0.717) is 33.6 Å². The quantitative estimate of drug-likeness (QED) is 0.0154. The second kappa shape index (κ2) is 44.9. The number of aliphatic hydroxyl groups excluding tert-OH is 10. The number of aromatic hydroxyl groups is 5. The molecule has 5 fully saturated rings. The van der Waals surface area contributed by atoms with E-state index < -0.39 is 243 Å². The summed E-state index contributed by atoms with van der Waals surface area (Å²) in [6, 6.07) is 23.9. The molecule has 5 saturated carbocycles. The molecule has 0 bridgehead atoms. The largest absolute Gasteiger partial charge is 0.508 e. The summed E-state index contributed by atoms with van der Waals surface area (Å²) in [5.74, 6) is -12.0. The van der Waals surface area contributed by atoms with E-state index in [9.17, 15) is 145 Å². The van der Waals surface area contributed by atoms with Crippen LogP contribution in [0.25, 0.3) is 30.4 Å². The Morgan fingerprint density at radius 3 is 0.780 bits per heavy atom. The lowest BCUT2D eigenvalue weighted by molar-refractivity contribution is -0.196. The van der Waals surface area contributed by atoms with E-state index in [1.807, 2.05) is 6.92 Å². The summed E-state index contributed by atoms with van der Waals surface area (Å²) in [6.45, 7) is 1.85. The number of rotatable bonds is 23. The van der Waals surface area contributed by atoms with Gasteiger partial charge in [0, 0.05) is 94.6 Å². The van der Waals surface area contributed by atoms with Crippen molar-refractivity contribution in [2.45, 2.75) is 191 Å². The molecule has 43 heteroatoms. The van der Waals surface area contributed by atoms with Gasteiger partial charge in [-0.15, -0.1) is 0 Å². The molecule has 0 unspecified atom stereocenters. The van der Waals surface area contributed by atoms with Gasteiger partial charge in [-0.2, -0.15) is 0 Å². The minimum absolute atomic E-state index is 0.0699. The molecule has 692 valence electrons. The first kappa shape index (κ1) is 103. The average Bonchev–Trinajstić information content (AvgIpc) is 0.811. The fourth-order valence-electron chi connectivity index (χ4n) is 13.3. The van der Waals surface area contributed by atoms with Crippen LogP contribution in [0, 0.1) is 6.92 Å². The van der Waals surface area contributed by atoms with Crippen LogP contribution in [-0.2, 0) is 71.6 Å². The van der Waals surface area contributed by atoms with Gasteiger partial charge >= 0.3 is 59.7 Å². The molecule has 0 heterocycles. The highest BCUT2D eigenvalue weighted by molar-refractivity contribution is 5.91. The molecule has 43 nitrogen and oxygen atoms in total. The maximum Gasteiger partial charge on any atom is 0.335 e. The van der Waals surface area contributed by atoms with E-state index in [1.165, 1.54) is 105 Å². The molecule has 5 aromatic carbocycles. The number of benzene rings is 5. The first-order valence-electron chi connectivity index (χ1n) is 38.0. The van der Waals surface area contributed by atoms with Crippen LogP contribution in [0.3, 0.4) is 0 Å². The number of ether oxygens (including phenoxy) is 8. The first-order chi connectivity index (χ1) is 59.3. The van der Waals surface area contributed by atoms with E-state index in [-0.39, 0.29) is 40.2 Å². The lowest BCUT2D eigenvalue weighted by atomic mass is 9.79. The summed E-state index contributed by atoms with van der Waals surface area (Å²) in [7, 11) is 4.32. The van der Waals surface area contributed by atoms with Crippen LogP contribution in [0.5, 0.6) is 46.0 Å². The predicted molar refractivity (Wildman–Crippen MR) is 429 cm³/mol. The minimum Gasteiger partial charge on any atom is -0.508 e. The number of phenols is 5. The molecule has 20 atom stereocenters. The molecule has 0 radical (unpaired) electrons. The van der Waals surface area contributed by atoms with Crippen molar-refractivity contribution in [3.05, 3.63) is 161 Å². The standard InChI is InChI=1S/C18H22O8.2C17H20O9.C16H18O9.C16H18O8/c1-10-7-11(3-5-13(10)25-2)4-6-15(20)26-14-9-18(24,17(22)23)8-12(19)16(14)21;1-25-12-4-2-9(6-10(12)18)3-5-14(20)26-13-8-17(24,16(22)23)7-11(19)15(13)21;1-25-12-6-9(2-4-10(12)18)3-5-14(20)26-13-8-17(24,16(22)23)7-11(19)15(13)21;17-9-3-1-8(5-10(9)18)2-4-13(20)25-12-7-16(24,15(22)23)6-11(19)14(12)21;17-10-4-1-9(2-5-10)3-6-13(19)24-12-8-16(23,15(21)22)7-11(18)14(12)20/h3-7,12,14,16,19,21,24H,8-9H2,1-2H3,(H,22,23);2*2-6,11,13,15,18-19,21,24H,7-8H2,1H3,(H,22,23);1-5,11-12,14,17-19,21,24H,6-7H2,(H,22,23);1-6,11-12,14,17-18,20,23H,7-8H2,(H,21,22)/b6-4+;2*5-3+;4-2+;6-3+/t12-,14-,16-,18+;2*11-,13-,15-,17+;2*11-,12-,14-,16+/m11111/s1. The van der Waals surface area contributed by atoms with Gasteiger partial charge in [-0.05, 0) is 131 Å². The van der Waals surface area contributed by atoms with Crippen LogP contribution in [-0.4, -0.2) is 328 Å². The van der Waals surface area contributed by atoms with Gasteiger partial charge < -0.3 is 166 Å². The summed E-state index contributed by atoms with van der Waals surface area (Å²) >= 11 is 0. The van der Waals surface area contributed by atoms with Gasteiger partial charge in [0.25, 0.3) is 0 Å². The SMILES string of the molecule is COc1cc(/C=C/C(=O)O[C@@H]2C[C@](O)(C(=O)O)C[C@@H](O)[C@H]2O)ccc1O.COc1ccc(/C=C/C(=O)O[C@@H]2C[C@](O)(C(=O)O)C[C@@H](O)[C@H]2O)cc1C.COc1ccc(/C=C/C(=O)O[C@@H]2C[C@](O)(C(=O)O)C[C@@H](O)[C@H]2O)cc1O.O=C(/C=C/c1ccc(O)c(O)c1)O[C@@H]1C[C@](O)(C(=O)O)C[C@@H](O)[C@H]1O.O=C(/C=C/c1ccc(O)cc1)O[C@@H]1C[C@](O)(C(=O)O)C[C@@H](O)[C@H]1O. The van der Waals surface area contributed by atoms with E-state index in [2.05, 4.69) is 0 Å². The normalized spacial score (nSPS) is 29.1. The number of carbonyl (C=O) groups is 10. The van der Waals surface area contributed by atoms with Crippen LogP contribution in [0.15, 0.2) is 127 Å². The van der Waals surface area contributed by atoms with Gasteiger partial charge in [0.2, 0.25) is 0 Å². The third kappa shape index (κ3) is 28.9. The second-order valence-corrected chi connectivity index (χ2v) is 30.0. The molecule has 5 aromatic rings. The lowest BCUT2D eigenvalue weighted by Crippen LogP contribution is -2.57. The first-order valence-corrected chi connectivity index (χ1v) is 38.0. The number of esters is 5. The second-order valence-electron chi connectivity index (χ2n) is 30.0. The molecular weight excluding hydrogens is 1700 g/mol. The smallest absolute Gasteiger partial charge is 0.335 e. The topological polar surface area (TPSA) is 750 Å². The van der Waals surface area contributed by atoms with Gasteiger partial charge in [0.15, 0.2) is 62.5 Å². The highest BCUT2D eigenvalue weighted by Gasteiger charge is 2.55. The molecular formula is C84H98O43. The third-order valence-corrected chi connectivity index (χ3v) is 20.4. The summed E-state index contributed by atoms with van der Waals surface area (Å²) in [5, 5.41) is 240. The molecule has 0 aliphatic heterocycles. The number of methoxy groups -OCH3 is 3. The molecule has 127 heavy (non-hydrogen) atoms. The molecule has 0 spiro atoms. The Bertz CT molecular complexity index is 4740. The highest BCUT2D eigenvalue weighted by Crippen LogP contribution is 2.38. The monoisotopic (exact) mass is 1790 g/mol. The van der Waals surface area contributed by atoms with Gasteiger partial charge in [-0.25, -0.2) is 47.9 Å². The predicted octanol–water partition coefficient (Wildman–Crippen LogP) is -1.42. The lowest BCUT2D eigenvalue weighted by Gasteiger charge is -2.39. The molecule has 5 aliphatic carbocycles. The Kier molecular flexibility index (Phi) is 36.5. The minimum atomic E-state index is -2.31. The van der Waals surface area contributed by atoms with Crippen LogP contribution in [0.1, 0.15) is 97.6 Å². The Morgan fingerprint density at radius 1 is 0.283 bits per heavy atom. The number of carbonyl (C=O) groups excluding carboxylic acids is 5. The van der Waals surface area contributed by atoms with Crippen molar-refractivity contribution in [1.82, 2.24) is 0 Å². The van der Waals surface area contributed by atoms with E-state index in [1.54, 1.807) is 43.5 Å². The Morgan fingerprint density at radius 2 is 0.520 bits per heavy atom. The van der Waals surface area contributed by atoms with E-state index >= 15 is 0 Å². The van der Waals surface area contributed by atoms with Crippen LogP contribution < -0.4 is 14.2 Å². The van der Waals surface area contributed by atoms with Crippen molar-refractivity contribution in [2.24, 2.45) is 0 Å². The maximum atomic E-state index is 12.0. The summed E-state index contributed by atoms with van der Waals surface area (Å²) < 4.78 is 39.9. The molecule has 10 rings (SSSR count). The summed E-state index contributed by atoms with van der Waals surface area (Å²) in [5.41, 5.74) is -7.89. The Labute approximate surface area is 719 Å². The van der Waals surface area contributed by atoms with Gasteiger partial charge in [-0.3, -0.25) is 0 Å². The molecule has 0 amide bonds. The summed E-state index contributed by atoms with van der Waals surface area (Å²) in [4.78, 5) is 115.